The second-order valence-electron chi connectivity index (χ2n) is 6.83. The molecule has 1 N–H and O–H groups in total. The number of aromatic nitrogens is 2. The van der Waals surface area contributed by atoms with Crippen LogP contribution < -0.4 is 5.32 Å². The second kappa shape index (κ2) is 8.20. The van der Waals surface area contributed by atoms with Crippen molar-refractivity contribution in [2.75, 3.05) is 18.4 Å². The molecule has 0 unspecified atom stereocenters. The van der Waals surface area contributed by atoms with Crippen LogP contribution in [-0.4, -0.2) is 40.0 Å². The van der Waals surface area contributed by atoms with Gasteiger partial charge >= 0.3 is 0 Å². The fourth-order valence-corrected chi connectivity index (χ4v) is 4.79. The van der Waals surface area contributed by atoms with E-state index in [0.717, 1.165) is 40.5 Å². The summed E-state index contributed by atoms with van der Waals surface area (Å²) < 4.78 is 0. The molecule has 1 saturated heterocycles. The summed E-state index contributed by atoms with van der Waals surface area (Å²) in [5.41, 5.74) is 1.87. The molecule has 0 bridgehead atoms. The van der Waals surface area contributed by atoms with E-state index < -0.39 is 0 Å². The molecule has 8 heteroatoms. The second-order valence-corrected chi connectivity index (χ2v) is 8.79. The third kappa shape index (κ3) is 4.13. The molecule has 3 heterocycles. The quantitative estimate of drug-likeness (QED) is 0.697. The summed E-state index contributed by atoms with van der Waals surface area (Å²) in [5, 5.41) is 14.3. The first-order valence-electron chi connectivity index (χ1n) is 9.14. The highest BCUT2D eigenvalue weighted by molar-refractivity contribution is 7.13. The molecule has 4 rings (SSSR count). The lowest BCUT2D eigenvalue weighted by molar-refractivity contribution is 0.0711. The fraction of sp³-hybridized carbons (Fsp3) is 0.300. The fourth-order valence-electron chi connectivity index (χ4n) is 3.23. The Hall–Kier alpha value is -2.58. The van der Waals surface area contributed by atoms with Crippen molar-refractivity contribution in [1.82, 2.24) is 15.1 Å². The zero-order valence-electron chi connectivity index (χ0n) is 15.4. The zero-order chi connectivity index (χ0) is 19.5. The average molecular weight is 413 g/mol. The number of rotatable bonds is 4. The summed E-state index contributed by atoms with van der Waals surface area (Å²) in [7, 11) is 0. The predicted octanol–water partition coefficient (Wildman–Crippen LogP) is 4.18. The zero-order valence-corrected chi connectivity index (χ0v) is 17.1. The van der Waals surface area contributed by atoms with Gasteiger partial charge in [0.2, 0.25) is 5.01 Å². The highest BCUT2D eigenvalue weighted by Gasteiger charge is 2.28. The standard InChI is InChI=1S/C20H20N4O2S2/c1-13-6-8-15(9-7-13)21-17(25)19-23-22-18(28-19)14-4-2-10-24(12-14)20(26)16-5-3-11-27-16/h3,5-9,11,14H,2,4,10,12H2,1H3,(H,21,25)/t14-/m1/s1. The molecule has 0 saturated carbocycles. The molecule has 1 aliphatic heterocycles. The van der Waals surface area contributed by atoms with E-state index in [1.165, 1.54) is 22.7 Å². The first-order valence-corrected chi connectivity index (χ1v) is 10.8. The van der Waals surface area contributed by atoms with E-state index in [1.807, 2.05) is 53.6 Å². The topological polar surface area (TPSA) is 75.2 Å². The summed E-state index contributed by atoms with van der Waals surface area (Å²) in [6.45, 7) is 3.37. The van der Waals surface area contributed by atoms with E-state index in [4.69, 9.17) is 0 Å². The molecule has 144 valence electrons. The Morgan fingerprint density at radius 2 is 2.00 bits per heavy atom. The van der Waals surface area contributed by atoms with Gasteiger partial charge < -0.3 is 10.2 Å². The molecular formula is C20H20N4O2S2. The van der Waals surface area contributed by atoms with Gasteiger partial charge in [0, 0.05) is 24.7 Å². The lowest BCUT2D eigenvalue weighted by atomic mass is 9.98. The van der Waals surface area contributed by atoms with Gasteiger partial charge in [-0.25, -0.2) is 0 Å². The minimum atomic E-state index is -0.255. The van der Waals surface area contributed by atoms with Gasteiger partial charge in [0.1, 0.15) is 5.01 Å². The number of aryl methyl sites for hydroxylation is 1. The molecular weight excluding hydrogens is 392 g/mol. The lowest BCUT2D eigenvalue weighted by Gasteiger charge is -2.31. The molecule has 6 nitrogen and oxygen atoms in total. The minimum absolute atomic E-state index is 0.0709. The Kier molecular flexibility index (Phi) is 5.50. The van der Waals surface area contributed by atoms with Crippen LogP contribution >= 0.6 is 22.7 Å². The molecule has 0 spiro atoms. The number of nitrogens with zero attached hydrogens (tertiary/aromatic N) is 3. The van der Waals surface area contributed by atoms with Crippen molar-refractivity contribution in [3.8, 4) is 0 Å². The van der Waals surface area contributed by atoms with Gasteiger partial charge in [-0.05, 0) is 43.3 Å². The summed E-state index contributed by atoms with van der Waals surface area (Å²) in [6.07, 6.45) is 1.87. The largest absolute Gasteiger partial charge is 0.337 e. The predicted molar refractivity (Wildman–Crippen MR) is 111 cm³/mol. The molecule has 1 aliphatic rings. The van der Waals surface area contributed by atoms with Crippen LogP contribution in [0.1, 0.15) is 48.8 Å². The van der Waals surface area contributed by atoms with Crippen molar-refractivity contribution in [2.24, 2.45) is 0 Å². The number of amides is 2. The number of benzene rings is 1. The number of thiophene rings is 1. The van der Waals surface area contributed by atoms with E-state index in [-0.39, 0.29) is 17.7 Å². The van der Waals surface area contributed by atoms with Gasteiger partial charge in [-0.15, -0.1) is 21.5 Å². The van der Waals surface area contributed by atoms with Crippen LogP contribution in [0.3, 0.4) is 0 Å². The third-order valence-electron chi connectivity index (χ3n) is 4.73. The van der Waals surface area contributed by atoms with Crippen molar-refractivity contribution < 1.29 is 9.59 Å². The normalized spacial score (nSPS) is 16.8. The summed E-state index contributed by atoms with van der Waals surface area (Å²) in [4.78, 5) is 27.7. The Bertz CT molecular complexity index is 967. The lowest BCUT2D eigenvalue weighted by Crippen LogP contribution is -2.38. The van der Waals surface area contributed by atoms with E-state index >= 15 is 0 Å². The molecule has 0 aliphatic carbocycles. The van der Waals surface area contributed by atoms with Crippen molar-refractivity contribution >= 4 is 40.2 Å². The van der Waals surface area contributed by atoms with Crippen LogP contribution in [-0.2, 0) is 0 Å². The maximum atomic E-state index is 12.6. The summed E-state index contributed by atoms with van der Waals surface area (Å²) in [5.74, 6) is -0.0624. The van der Waals surface area contributed by atoms with Crippen LogP contribution in [0.15, 0.2) is 41.8 Å². The van der Waals surface area contributed by atoms with Gasteiger partial charge in [0.15, 0.2) is 0 Å². The number of anilines is 1. The first kappa shape index (κ1) is 18.8. The molecule has 3 aromatic rings. The molecule has 0 radical (unpaired) electrons. The highest BCUT2D eigenvalue weighted by atomic mass is 32.1. The molecule has 28 heavy (non-hydrogen) atoms. The van der Waals surface area contributed by atoms with Crippen LogP contribution in [0.4, 0.5) is 5.69 Å². The first-order chi connectivity index (χ1) is 13.6. The van der Waals surface area contributed by atoms with Gasteiger partial charge in [-0.2, -0.15) is 0 Å². The van der Waals surface area contributed by atoms with E-state index in [9.17, 15) is 9.59 Å². The minimum Gasteiger partial charge on any atom is -0.337 e. The van der Waals surface area contributed by atoms with Gasteiger partial charge in [-0.3, -0.25) is 9.59 Å². The van der Waals surface area contributed by atoms with E-state index in [1.54, 1.807) is 0 Å². The van der Waals surface area contributed by atoms with Gasteiger partial charge in [0.25, 0.3) is 11.8 Å². The number of piperidine rings is 1. The summed E-state index contributed by atoms with van der Waals surface area (Å²) in [6, 6.07) is 11.4. The number of likely N-dealkylation sites (tertiary alicyclic amines) is 1. The van der Waals surface area contributed by atoms with Crippen LogP contribution in [0.2, 0.25) is 0 Å². The number of carbonyl (C=O) groups excluding carboxylic acids is 2. The van der Waals surface area contributed by atoms with Crippen molar-refractivity contribution in [1.29, 1.82) is 0 Å². The maximum Gasteiger partial charge on any atom is 0.286 e. The van der Waals surface area contributed by atoms with E-state index in [2.05, 4.69) is 15.5 Å². The number of hydrogen-bond donors (Lipinski definition) is 1. The van der Waals surface area contributed by atoms with Crippen LogP contribution in [0.25, 0.3) is 0 Å². The third-order valence-corrected chi connectivity index (χ3v) is 6.68. The average Bonchev–Trinajstić information content (AvgIpc) is 3.41. The summed E-state index contributed by atoms with van der Waals surface area (Å²) >= 11 is 2.77. The molecule has 1 fully saturated rings. The highest BCUT2D eigenvalue weighted by Crippen LogP contribution is 2.30. The Labute approximate surface area is 171 Å². The molecule has 1 atom stereocenters. The number of nitrogens with one attached hydrogen (secondary N) is 1. The SMILES string of the molecule is Cc1ccc(NC(=O)c2nnc([C@@H]3CCCN(C(=O)c4cccs4)C3)s2)cc1. The Balaban J connectivity index is 1.42. The number of carbonyl (C=O) groups is 2. The van der Waals surface area contributed by atoms with Gasteiger partial charge in [0.05, 0.1) is 4.88 Å². The molecule has 2 aromatic heterocycles. The van der Waals surface area contributed by atoms with E-state index in [0.29, 0.717) is 11.6 Å². The van der Waals surface area contributed by atoms with Crippen molar-refractivity contribution in [3.05, 3.63) is 62.2 Å². The monoisotopic (exact) mass is 412 g/mol. The Morgan fingerprint density at radius 1 is 1.18 bits per heavy atom. The van der Waals surface area contributed by atoms with Gasteiger partial charge in [-0.1, -0.05) is 35.1 Å². The van der Waals surface area contributed by atoms with Crippen molar-refractivity contribution in [3.63, 3.8) is 0 Å². The van der Waals surface area contributed by atoms with Crippen LogP contribution in [0, 0.1) is 6.92 Å². The number of hydrogen-bond acceptors (Lipinski definition) is 6. The van der Waals surface area contributed by atoms with Crippen molar-refractivity contribution in [2.45, 2.75) is 25.7 Å². The maximum absolute atomic E-state index is 12.6. The molecule has 2 amide bonds. The van der Waals surface area contributed by atoms with Crippen LogP contribution in [0.5, 0.6) is 0 Å². The Morgan fingerprint density at radius 3 is 2.75 bits per heavy atom. The molecule has 1 aromatic carbocycles. The smallest absolute Gasteiger partial charge is 0.286 e.